The van der Waals surface area contributed by atoms with Crippen LogP contribution in [-0.2, 0) is 22.4 Å². The molecule has 1 aromatic heterocycles. The lowest BCUT2D eigenvalue weighted by Crippen LogP contribution is -2.24. The van der Waals surface area contributed by atoms with Crippen LogP contribution >= 0.6 is 0 Å². The fourth-order valence-corrected chi connectivity index (χ4v) is 4.41. The number of carbonyl (C=O) groups is 2. The highest BCUT2D eigenvalue weighted by Gasteiger charge is 2.28. The average molecular weight is 509 g/mol. The summed E-state index contributed by atoms with van der Waals surface area (Å²) in [7, 11) is 2.65. The molecule has 10 heteroatoms. The number of primary amides is 1. The first-order valence-corrected chi connectivity index (χ1v) is 11.7. The smallest absolute Gasteiger partial charge is 0.343 e. The number of nitrogens with two attached hydrogens (primary N) is 1. The van der Waals surface area contributed by atoms with Crippen molar-refractivity contribution < 1.29 is 33.6 Å². The fourth-order valence-electron chi connectivity index (χ4n) is 4.41. The minimum absolute atomic E-state index is 0.182. The van der Waals surface area contributed by atoms with E-state index in [1.807, 2.05) is 12.1 Å². The minimum atomic E-state index is -0.962. The Hall–Kier alpha value is -4.47. The van der Waals surface area contributed by atoms with E-state index < -0.39 is 29.1 Å². The van der Waals surface area contributed by atoms with Crippen molar-refractivity contribution in [3.05, 3.63) is 80.8 Å². The maximum atomic E-state index is 12.7. The number of amides is 1. The lowest BCUT2D eigenvalue weighted by molar-refractivity contribution is -0.118. The van der Waals surface area contributed by atoms with Crippen LogP contribution < -0.4 is 25.5 Å². The number of aromatic amines is 1. The van der Waals surface area contributed by atoms with Crippen molar-refractivity contribution in [1.29, 1.82) is 0 Å². The second kappa shape index (κ2) is 11.1. The third-order valence-corrected chi connectivity index (χ3v) is 6.25. The summed E-state index contributed by atoms with van der Waals surface area (Å²) >= 11 is 0. The third-order valence-electron chi connectivity index (χ3n) is 6.25. The largest absolute Gasteiger partial charge is 0.506 e. The molecule has 0 fully saturated rings. The molecule has 0 unspecified atom stereocenters. The van der Waals surface area contributed by atoms with E-state index >= 15 is 0 Å². The molecule has 1 aliphatic rings. The van der Waals surface area contributed by atoms with Crippen LogP contribution in [0.5, 0.6) is 23.0 Å². The number of hydrogen-bond acceptors (Lipinski definition) is 8. The molecule has 0 spiro atoms. The Morgan fingerprint density at radius 3 is 2.70 bits per heavy atom. The Morgan fingerprint density at radius 1 is 1.16 bits per heavy atom. The first-order valence-electron chi connectivity index (χ1n) is 11.7. The highest BCUT2D eigenvalue weighted by Crippen LogP contribution is 2.38. The molecule has 1 atom stereocenters. The van der Waals surface area contributed by atoms with Crippen molar-refractivity contribution in [3.8, 4) is 23.0 Å². The number of hydrogen-bond donors (Lipinski definition) is 3. The number of H-pyrrole nitrogens is 1. The number of aromatic nitrogens is 1. The predicted octanol–water partition coefficient (Wildman–Crippen LogP) is 2.44. The standard InChI is InChI=1S/C27H28N2O8/c1-34-21-6-4-16(12-22(21)37-9-7-15-3-5-20-17(11-15)8-10-36-20)18(13-23(28)30)24-25(31)19(27(33)35-2)14-29-26(24)32/h3-6,11-12,14,18H,7-10,13H2,1-2H3,(H2,28,30)(H2,29,31,32)/t18-/m1/s1. The number of benzene rings is 2. The average Bonchev–Trinajstić information content (AvgIpc) is 3.35. The molecule has 4 N–H and O–H groups in total. The lowest BCUT2D eigenvalue weighted by atomic mass is 9.87. The molecule has 0 saturated carbocycles. The summed E-state index contributed by atoms with van der Waals surface area (Å²) in [6, 6.07) is 11.0. The number of pyridine rings is 1. The number of rotatable bonds is 10. The van der Waals surface area contributed by atoms with Crippen LogP contribution in [0.15, 0.2) is 47.4 Å². The van der Waals surface area contributed by atoms with Gasteiger partial charge in [-0.1, -0.05) is 18.2 Å². The second-order valence-electron chi connectivity index (χ2n) is 8.56. The summed E-state index contributed by atoms with van der Waals surface area (Å²) in [6.07, 6.45) is 2.27. The highest BCUT2D eigenvalue weighted by molar-refractivity contribution is 5.92. The van der Waals surface area contributed by atoms with E-state index in [0.29, 0.717) is 36.7 Å². The van der Waals surface area contributed by atoms with Gasteiger partial charge in [-0.2, -0.15) is 0 Å². The van der Waals surface area contributed by atoms with Crippen molar-refractivity contribution in [1.82, 2.24) is 4.98 Å². The number of esters is 1. The van der Waals surface area contributed by atoms with Gasteiger partial charge in [0.25, 0.3) is 5.56 Å². The SMILES string of the molecule is COC(=O)c1c[nH]c(=O)c([C@H](CC(N)=O)c2ccc(OC)c(OCCc3ccc4c(c3)CCO4)c2)c1O. The number of nitrogens with one attached hydrogen (secondary N) is 1. The van der Waals surface area contributed by atoms with E-state index in [2.05, 4.69) is 15.8 Å². The Bertz CT molecular complexity index is 1380. The van der Waals surface area contributed by atoms with E-state index in [1.165, 1.54) is 12.7 Å². The van der Waals surface area contributed by atoms with Gasteiger partial charge < -0.3 is 34.8 Å². The van der Waals surface area contributed by atoms with E-state index in [4.69, 9.17) is 19.9 Å². The van der Waals surface area contributed by atoms with Crippen LogP contribution in [0.25, 0.3) is 0 Å². The Morgan fingerprint density at radius 2 is 1.97 bits per heavy atom. The van der Waals surface area contributed by atoms with Gasteiger partial charge in [0.05, 0.1) is 33.0 Å². The monoisotopic (exact) mass is 508 g/mol. The third kappa shape index (κ3) is 5.53. The van der Waals surface area contributed by atoms with Gasteiger partial charge in [-0.05, 0) is 34.9 Å². The van der Waals surface area contributed by atoms with E-state index in [1.54, 1.807) is 18.2 Å². The van der Waals surface area contributed by atoms with Gasteiger partial charge >= 0.3 is 5.97 Å². The van der Waals surface area contributed by atoms with Crippen molar-refractivity contribution >= 4 is 11.9 Å². The van der Waals surface area contributed by atoms with Gasteiger partial charge in [0.1, 0.15) is 17.1 Å². The van der Waals surface area contributed by atoms with E-state index in [0.717, 1.165) is 31.0 Å². The van der Waals surface area contributed by atoms with Crippen LogP contribution in [-0.4, -0.2) is 49.4 Å². The number of ether oxygens (including phenoxy) is 4. The van der Waals surface area contributed by atoms with Crippen molar-refractivity contribution in [2.75, 3.05) is 27.4 Å². The molecule has 194 valence electrons. The van der Waals surface area contributed by atoms with Crippen molar-refractivity contribution in [2.24, 2.45) is 5.73 Å². The first-order chi connectivity index (χ1) is 17.8. The van der Waals surface area contributed by atoms with Gasteiger partial charge in [-0.15, -0.1) is 0 Å². The number of fused-ring (bicyclic) bond motifs is 1. The second-order valence-corrected chi connectivity index (χ2v) is 8.56. The Labute approximate surface area is 212 Å². The molecular formula is C27H28N2O8. The van der Waals surface area contributed by atoms with Gasteiger partial charge in [0, 0.05) is 31.4 Å². The summed E-state index contributed by atoms with van der Waals surface area (Å²) in [5.41, 5.74) is 7.12. The molecule has 2 heterocycles. The molecule has 0 bridgehead atoms. The van der Waals surface area contributed by atoms with Crippen LogP contribution in [0.1, 0.15) is 45.0 Å². The van der Waals surface area contributed by atoms with Gasteiger partial charge in [0.15, 0.2) is 11.5 Å². The lowest BCUT2D eigenvalue weighted by Gasteiger charge is -2.20. The molecule has 4 rings (SSSR count). The summed E-state index contributed by atoms with van der Waals surface area (Å²) in [6.45, 7) is 1.02. The highest BCUT2D eigenvalue weighted by atomic mass is 16.5. The molecule has 1 aliphatic heterocycles. The normalized spacial score (nSPS) is 12.8. The van der Waals surface area contributed by atoms with Gasteiger partial charge in [-0.3, -0.25) is 9.59 Å². The first kappa shape index (κ1) is 25.6. The zero-order valence-electron chi connectivity index (χ0n) is 20.5. The molecule has 2 aromatic carbocycles. The van der Waals surface area contributed by atoms with Crippen molar-refractivity contribution in [3.63, 3.8) is 0 Å². The van der Waals surface area contributed by atoms with Crippen molar-refractivity contribution in [2.45, 2.75) is 25.2 Å². The quantitative estimate of drug-likeness (QED) is 0.354. The van der Waals surface area contributed by atoms with E-state index in [-0.39, 0.29) is 17.5 Å². The summed E-state index contributed by atoms with van der Waals surface area (Å²) in [4.78, 5) is 39.2. The predicted molar refractivity (Wildman–Crippen MR) is 134 cm³/mol. The Balaban J connectivity index is 1.64. The maximum absolute atomic E-state index is 12.7. The minimum Gasteiger partial charge on any atom is -0.506 e. The molecule has 0 aliphatic carbocycles. The van der Waals surface area contributed by atoms with Crippen LogP contribution in [0.2, 0.25) is 0 Å². The summed E-state index contributed by atoms with van der Waals surface area (Å²) in [5.74, 6) is -1.34. The molecule has 1 amide bonds. The van der Waals surface area contributed by atoms with Crippen LogP contribution in [0.3, 0.4) is 0 Å². The maximum Gasteiger partial charge on any atom is 0.343 e. The Kier molecular flexibility index (Phi) is 7.66. The number of methoxy groups -OCH3 is 2. The van der Waals surface area contributed by atoms with Crippen LogP contribution in [0.4, 0.5) is 0 Å². The molecule has 0 saturated heterocycles. The van der Waals surface area contributed by atoms with Gasteiger partial charge in [0.2, 0.25) is 5.91 Å². The van der Waals surface area contributed by atoms with Gasteiger partial charge in [-0.25, -0.2) is 4.79 Å². The topological polar surface area (TPSA) is 150 Å². The molecule has 0 radical (unpaired) electrons. The summed E-state index contributed by atoms with van der Waals surface area (Å²) < 4.78 is 21.7. The molecule has 37 heavy (non-hydrogen) atoms. The molecule has 10 nitrogen and oxygen atoms in total. The fraction of sp³-hybridized carbons (Fsp3) is 0.296. The van der Waals surface area contributed by atoms with E-state index in [9.17, 15) is 19.5 Å². The number of aromatic hydroxyl groups is 1. The molecule has 3 aromatic rings. The number of carbonyl (C=O) groups excluding carboxylic acids is 2. The summed E-state index contributed by atoms with van der Waals surface area (Å²) in [5, 5.41) is 10.8. The van der Waals surface area contributed by atoms with Crippen LogP contribution in [0, 0.1) is 0 Å². The zero-order valence-corrected chi connectivity index (χ0v) is 20.5. The molecular weight excluding hydrogens is 480 g/mol. The zero-order chi connectivity index (χ0) is 26.5.